The molecule has 0 saturated carbocycles. The second kappa shape index (κ2) is 7.86. The van der Waals surface area contributed by atoms with Gasteiger partial charge in [0.2, 0.25) is 5.91 Å². The molecule has 4 N–H and O–H groups in total. The van der Waals surface area contributed by atoms with Gasteiger partial charge in [-0.15, -0.1) is 0 Å². The van der Waals surface area contributed by atoms with E-state index in [2.05, 4.69) is 10.4 Å². The lowest BCUT2D eigenvalue weighted by Crippen LogP contribution is -2.52. The van der Waals surface area contributed by atoms with Crippen molar-refractivity contribution in [3.05, 3.63) is 30.0 Å². The van der Waals surface area contributed by atoms with Crippen molar-refractivity contribution >= 4 is 22.7 Å². The number of carbonyl (C=O) groups excluding carboxylic acids is 2. The molecule has 2 aromatic rings. The minimum atomic E-state index is -0.797. The third-order valence-electron chi connectivity index (χ3n) is 4.29. The molecule has 7 heteroatoms. The maximum Gasteiger partial charge on any atom is 0.273 e. The van der Waals surface area contributed by atoms with Crippen LogP contribution in [0.5, 0.6) is 0 Å². The molecule has 0 spiro atoms. The van der Waals surface area contributed by atoms with Crippen LogP contribution in [0, 0.1) is 5.41 Å². The van der Waals surface area contributed by atoms with Crippen molar-refractivity contribution in [1.82, 2.24) is 15.1 Å². The Morgan fingerprint density at radius 2 is 1.96 bits per heavy atom. The van der Waals surface area contributed by atoms with Crippen molar-refractivity contribution in [2.45, 2.75) is 59.2 Å². The summed E-state index contributed by atoms with van der Waals surface area (Å²) in [5.41, 5.74) is 6.07. The van der Waals surface area contributed by atoms with Gasteiger partial charge in [0.05, 0.1) is 11.6 Å². The molecule has 0 aliphatic carbocycles. The molecule has 1 aromatic heterocycles. The Balaban J connectivity index is 2.31. The van der Waals surface area contributed by atoms with E-state index in [1.165, 1.54) is 0 Å². The van der Waals surface area contributed by atoms with Crippen molar-refractivity contribution in [1.29, 1.82) is 0 Å². The maximum atomic E-state index is 12.8. The van der Waals surface area contributed by atoms with E-state index >= 15 is 0 Å². The number of aryl methyl sites for hydroxylation is 1. The van der Waals surface area contributed by atoms with E-state index in [1.807, 2.05) is 45.0 Å². The summed E-state index contributed by atoms with van der Waals surface area (Å²) in [6, 6.07) is 6.67. The maximum absolute atomic E-state index is 12.8. The molecule has 0 aliphatic rings. The molecule has 0 unspecified atom stereocenters. The van der Waals surface area contributed by atoms with E-state index in [4.69, 9.17) is 5.73 Å². The smallest absolute Gasteiger partial charge is 0.273 e. The first-order valence-corrected chi connectivity index (χ1v) is 8.85. The summed E-state index contributed by atoms with van der Waals surface area (Å²) < 4.78 is 1.77. The van der Waals surface area contributed by atoms with Gasteiger partial charge in [-0.2, -0.15) is 5.10 Å². The van der Waals surface area contributed by atoms with E-state index in [9.17, 15) is 14.7 Å². The van der Waals surface area contributed by atoms with Gasteiger partial charge in [-0.25, -0.2) is 0 Å². The first kappa shape index (κ1) is 19.9. The zero-order valence-electron chi connectivity index (χ0n) is 15.8. The van der Waals surface area contributed by atoms with Crippen LogP contribution in [0.15, 0.2) is 24.3 Å². The molecule has 0 radical (unpaired) electrons. The van der Waals surface area contributed by atoms with Crippen molar-refractivity contribution in [2.75, 3.05) is 0 Å². The predicted octanol–water partition coefficient (Wildman–Crippen LogP) is 1.83. The zero-order chi connectivity index (χ0) is 19.5. The van der Waals surface area contributed by atoms with Crippen molar-refractivity contribution in [3.8, 4) is 0 Å². The minimum absolute atomic E-state index is 0.271. The molecule has 1 aromatic carbocycles. The molecule has 0 fully saturated rings. The molecular weight excluding hydrogens is 332 g/mol. The lowest BCUT2D eigenvalue weighted by molar-refractivity contribution is -0.122. The number of amides is 2. The molecule has 2 atom stereocenters. The first-order chi connectivity index (χ1) is 12.1. The summed E-state index contributed by atoms with van der Waals surface area (Å²) in [4.78, 5) is 24.5. The Kier molecular flexibility index (Phi) is 6.02. The fraction of sp³-hybridized carbons (Fsp3) is 0.526. The topological polar surface area (TPSA) is 110 Å². The number of rotatable bonds is 7. The zero-order valence-corrected chi connectivity index (χ0v) is 15.8. The molecule has 0 bridgehead atoms. The number of benzene rings is 1. The van der Waals surface area contributed by atoms with Gasteiger partial charge in [-0.1, -0.05) is 39.0 Å². The van der Waals surface area contributed by atoms with Gasteiger partial charge >= 0.3 is 0 Å². The molecule has 2 amide bonds. The number of carbonyl (C=O) groups is 2. The summed E-state index contributed by atoms with van der Waals surface area (Å²) in [6.07, 6.45) is 1.03. The van der Waals surface area contributed by atoms with Gasteiger partial charge in [0, 0.05) is 11.9 Å². The Morgan fingerprint density at radius 1 is 1.31 bits per heavy atom. The monoisotopic (exact) mass is 360 g/mol. The fourth-order valence-electron chi connectivity index (χ4n) is 2.92. The summed E-state index contributed by atoms with van der Waals surface area (Å²) in [6.45, 7) is 7.87. The van der Waals surface area contributed by atoms with E-state index in [0.717, 1.165) is 17.3 Å². The molecule has 142 valence electrons. The third kappa shape index (κ3) is 4.60. The molecule has 2 rings (SSSR count). The van der Waals surface area contributed by atoms with Gasteiger partial charge in [-0.05, 0) is 31.2 Å². The largest absolute Gasteiger partial charge is 0.393 e. The lowest BCUT2D eigenvalue weighted by atomic mass is 9.86. The fourth-order valence-corrected chi connectivity index (χ4v) is 2.92. The van der Waals surface area contributed by atoms with Crippen LogP contribution in [0.2, 0.25) is 0 Å². The van der Waals surface area contributed by atoms with Gasteiger partial charge in [-0.3, -0.25) is 14.3 Å². The number of primary amides is 1. The number of nitrogens with zero attached hydrogens (tertiary/aromatic N) is 2. The molecule has 26 heavy (non-hydrogen) atoms. The van der Waals surface area contributed by atoms with Gasteiger partial charge in [0.15, 0.2) is 5.69 Å². The number of aromatic nitrogens is 2. The van der Waals surface area contributed by atoms with E-state index < -0.39 is 23.3 Å². The highest BCUT2D eigenvalue weighted by molar-refractivity contribution is 6.06. The Morgan fingerprint density at radius 3 is 2.54 bits per heavy atom. The van der Waals surface area contributed by atoms with Crippen LogP contribution >= 0.6 is 0 Å². The van der Waals surface area contributed by atoms with Crippen LogP contribution in [-0.4, -0.2) is 38.8 Å². The van der Waals surface area contributed by atoms with Crippen molar-refractivity contribution in [3.63, 3.8) is 0 Å². The van der Waals surface area contributed by atoms with Gasteiger partial charge in [0.25, 0.3) is 5.91 Å². The number of hydrogen-bond donors (Lipinski definition) is 3. The van der Waals surface area contributed by atoms with Crippen LogP contribution in [0.4, 0.5) is 0 Å². The summed E-state index contributed by atoms with van der Waals surface area (Å²) >= 11 is 0. The second-order valence-electron chi connectivity index (χ2n) is 7.76. The SMILES string of the molecule is C[C@H](O)CCCn1nc(C(=O)N[C@@H](C(N)=O)C(C)(C)C)c2ccccc21. The lowest BCUT2D eigenvalue weighted by Gasteiger charge is -2.28. The number of aliphatic hydroxyl groups excluding tert-OH is 1. The molecule has 7 nitrogen and oxygen atoms in total. The highest BCUT2D eigenvalue weighted by Gasteiger charge is 2.32. The number of para-hydroxylation sites is 1. The first-order valence-electron chi connectivity index (χ1n) is 8.85. The molecule has 1 heterocycles. The average Bonchev–Trinajstić information content (AvgIpc) is 2.90. The average molecular weight is 360 g/mol. The van der Waals surface area contributed by atoms with E-state index in [-0.39, 0.29) is 11.8 Å². The number of hydrogen-bond acceptors (Lipinski definition) is 4. The second-order valence-corrected chi connectivity index (χ2v) is 7.76. The minimum Gasteiger partial charge on any atom is -0.393 e. The Labute approximate surface area is 153 Å². The Hall–Kier alpha value is -2.41. The highest BCUT2D eigenvalue weighted by Crippen LogP contribution is 2.22. The van der Waals surface area contributed by atoms with Crippen LogP contribution in [-0.2, 0) is 11.3 Å². The third-order valence-corrected chi connectivity index (χ3v) is 4.29. The number of aliphatic hydroxyl groups is 1. The molecule has 0 aliphatic heterocycles. The van der Waals surface area contributed by atoms with E-state index in [0.29, 0.717) is 13.0 Å². The summed E-state index contributed by atoms with van der Waals surface area (Å²) in [5, 5.41) is 17.3. The summed E-state index contributed by atoms with van der Waals surface area (Å²) in [7, 11) is 0. The van der Waals surface area contributed by atoms with Gasteiger partial charge < -0.3 is 16.2 Å². The van der Waals surface area contributed by atoms with Crippen molar-refractivity contribution in [2.24, 2.45) is 11.1 Å². The van der Waals surface area contributed by atoms with Crippen LogP contribution < -0.4 is 11.1 Å². The van der Waals surface area contributed by atoms with Crippen LogP contribution in [0.1, 0.15) is 51.0 Å². The summed E-state index contributed by atoms with van der Waals surface area (Å²) in [5.74, 6) is -0.999. The number of nitrogens with two attached hydrogens (primary N) is 1. The van der Waals surface area contributed by atoms with E-state index in [1.54, 1.807) is 11.6 Å². The quantitative estimate of drug-likeness (QED) is 0.699. The van der Waals surface area contributed by atoms with Gasteiger partial charge in [0.1, 0.15) is 6.04 Å². The molecule has 0 saturated heterocycles. The Bertz CT molecular complexity index is 790. The van der Waals surface area contributed by atoms with Crippen LogP contribution in [0.3, 0.4) is 0 Å². The number of fused-ring (bicyclic) bond motifs is 1. The van der Waals surface area contributed by atoms with Crippen molar-refractivity contribution < 1.29 is 14.7 Å². The highest BCUT2D eigenvalue weighted by atomic mass is 16.3. The normalized spacial score (nSPS) is 14.2. The predicted molar refractivity (Wildman–Crippen MR) is 101 cm³/mol. The standard InChI is InChI=1S/C19H28N4O3/c1-12(24)8-7-11-23-14-10-6-5-9-13(14)15(22-23)18(26)21-16(17(20)25)19(2,3)4/h5-6,9-10,12,16,24H,7-8,11H2,1-4H3,(H2,20,25)(H,21,26)/t12-,16-/m0/s1. The molecular formula is C19H28N4O3. The van der Waals surface area contributed by atoms with Crippen LogP contribution in [0.25, 0.3) is 10.9 Å². The number of nitrogens with one attached hydrogen (secondary N) is 1.